The molecule has 8 heteroatoms. The second-order valence-electron chi connectivity index (χ2n) is 6.34. The number of benzene rings is 1. The van der Waals surface area contributed by atoms with Crippen molar-refractivity contribution in [3.63, 3.8) is 0 Å². The van der Waals surface area contributed by atoms with E-state index >= 15 is 0 Å². The van der Waals surface area contributed by atoms with Crippen LogP contribution < -0.4 is 5.46 Å². The molecule has 23 heavy (non-hydrogen) atoms. The maximum Gasteiger partial charge on any atom is 0.494 e. The van der Waals surface area contributed by atoms with Crippen molar-refractivity contribution in [2.75, 3.05) is 19.8 Å². The topological polar surface area (TPSA) is 74.2 Å². The first-order valence-corrected chi connectivity index (χ1v) is 7.41. The number of hydrogen-bond donors (Lipinski definition) is 1. The van der Waals surface area contributed by atoms with Gasteiger partial charge in [0.15, 0.2) is 6.29 Å². The molecule has 1 N–H and O–H groups in total. The number of aliphatic carboxylic acids is 1. The van der Waals surface area contributed by atoms with Crippen molar-refractivity contribution >= 4 is 18.6 Å². The van der Waals surface area contributed by atoms with Gasteiger partial charge in [0.2, 0.25) is 0 Å². The van der Waals surface area contributed by atoms with Crippen LogP contribution in [-0.2, 0) is 23.6 Å². The Hall–Kier alpha value is -1.48. The largest absolute Gasteiger partial charge is 0.494 e. The summed E-state index contributed by atoms with van der Waals surface area (Å²) in [7, 11) is -0.918. The first kappa shape index (κ1) is 16.4. The van der Waals surface area contributed by atoms with E-state index in [-0.39, 0.29) is 6.61 Å². The molecule has 2 saturated heterocycles. The minimum absolute atomic E-state index is 0.201. The molecule has 0 bridgehead atoms. The molecular formula is C15H18BFO6. The van der Waals surface area contributed by atoms with E-state index in [1.165, 1.54) is 6.07 Å². The Labute approximate surface area is 133 Å². The average molecular weight is 324 g/mol. The van der Waals surface area contributed by atoms with E-state index in [9.17, 15) is 14.3 Å². The number of carbonyl (C=O) groups is 1. The van der Waals surface area contributed by atoms with E-state index in [4.69, 9.17) is 18.8 Å². The van der Waals surface area contributed by atoms with Gasteiger partial charge in [-0.3, -0.25) is 0 Å². The lowest BCUT2D eigenvalue weighted by Gasteiger charge is -2.38. The van der Waals surface area contributed by atoms with Crippen LogP contribution in [-0.4, -0.2) is 44.1 Å². The Bertz CT molecular complexity index is 602. The number of hydrogen-bond acceptors (Lipinski definition) is 5. The van der Waals surface area contributed by atoms with Gasteiger partial charge in [0, 0.05) is 17.6 Å². The lowest BCUT2D eigenvalue weighted by molar-refractivity contribution is -0.157. The summed E-state index contributed by atoms with van der Waals surface area (Å²) in [6.07, 6.45) is -1.73. The van der Waals surface area contributed by atoms with Crippen molar-refractivity contribution in [2.24, 2.45) is 5.41 Å². The van der Waals surface area contributed by atoms with Crippen molar-refractivity contribution in [1.29, 1.82) is 0 Å². The summed E-state index contributed by atoms with van der Waals surface area (Å²) in [6, 6.07) is 4.44. The van der Waals surface area contributed by atoms with Crippen LogP contribution in [0, 0.1) is 11.2 Å². The van der Waals surface area contributed by atoms with E-state index in [0.29, 0.717) is 24.2 Å². The highest BCUT2D eigenvalue weighted by molar-refractivity contribution is 6.61. The molecule has 0 amide bonds. The van der Waals surface area contributed by atoms with Crippen LogP contribution in [0.15, 0.2) is 18.2 Å². The second kappa shape index (κ2) is 6.20. The number of halogens is 1. The highest BCUT2D eigenvalue weighted by Gasteiger charge is 2.45. The maximum atomic E-state index is 14.3. The smallest absolute Gasteiger partial charge is 0.479 e. The molecule has 2 heterocycles. The predicted molar refractivity (Wildman–Crippen MR) is 78.7 cm³/mol. The minimum atomic E-state index is -1.06. The molecule has 1 atom stereocenters. The fraction of sp³-hybridized carbons (Fsp3) is 0.533. The zero-order valence-electron chi connectivity index (χ0n) is 13.0. The van der Waals surface area contributed by atoms with E-state index in [0.717, 1.165) is 0 Å². The molecule has 1 aromatic carbocycles. The zero-order valence-corrected chi connectivity index (χ0v) is 13.0. The van der Waals surface area contributed by atoms with Crippen LogP contribution in [0.4, 0.5) is 4.39 Å². The lowest BCUT2D eigenvalue weighted by atomic mass is 9.73. The van der Waals surface area contributed by atoms with Crippen LogP contribution in [0.5, 0.6) is 0 Å². The molecule has 0 radical (unpaired) electrons. The molecule has 2 aliphatic rings. The van der Waals surface area contributed by atoms with Gasteiger partial charge in [0.1, 0.15) is 11.9 Å². The lowest BCUT2D eigenvalue weighted by Crippen LogP contribution is -2.55. The fourth-order valence-electron chi connectivity index (χ4n) is 2.70. The number of rotatable bonds is 3. The van der Waals surface area contributed by atoms with Crippen LogP contribution in [0.2, 0.25) is 0 Å². The molecule has 0 saturated carbocycles. The molecule has 2 fully saturated rings. The van der Waals surface area contributed by atoms with Crippen molar-refractivity contribution in [3.05, 3.63) is 29.6 Å². The summed E-state index contributed by atoms with van der Waals surface area (Å²) in [5, 5.41) is 9.29. The third-order valence-corrected chi connectivity index (χ3v) is 3.97. The van der Waals surface area contributed by atoms with Crippen molar-refractivity contribution in [3.8, 4) is 0 Å². The zero-order chi connectivity index (χ0) is 16.6. The van der Waals surface area contributed by atoms with Crippen LogP contribution in [0.1, 0.15) is 25.7 Å². The van der Waals surface area contributed by atoms with Crippen LogP contribution in [0.3, 0.4) is 0 Å². The van der Waals surface area contributed by atoms with Crippen LogP contribution in [0.25, 0.3) is 0 Å². The van der Waals surface area contributed by atoms with Gasteiger partial charge in [-0.05, 0) is 11.5 Å². The summed E-state index contributed by atoms with van der Waals surface area (Å²) in [5.41, 5.74) is 0.0648. The number of carboxylic acids is 1. The summed E-state index contributed by atoms with van der Waals surface area (Å²) in [6.45, 7) is 4.56. The van der Waals surface area contributed by atoms with Gasteiger partial charge < -0.3 is 23.9 Å². The molecule has 0 spiro atoms. The highest BCUT2D eigenvalue weighted by atomic mass is 19.1. The van der Waals surface area contributed by atoms with Gasteiger partial charge in [0.25, 0.3) is 0 Å². The molecule has 124 valence electrons. The van der Waals surface area contributed by atoms with Gasteiger partial charge in [-0.1, -0.05) is 26.0 Å². The van der Waals surface area contributed by atoms with E-state index in [2.05, 4.69) is 0 Å². The number of ether oxygens (including phenoxy) is 2. The average Bonchev–Trinajstić information content (AvgIpc) is 3.00. The maximum absolute atomic E-state index is 14.3. The summed E-state index contributed by atoms with van der Waals surface area (Å²) >= 11 is 0. The Kier molecular flexibility index (Phi) is 4.42. The fourth-order valence-corrected chi connectivity index (χ4v) is 2.70. The molecule has 1 aromatic rings. The molecule has 6 nitrogen and oxygen atoms in total. The van der Waals surface area contributed by atoms with Gasteiger partial charge in [-0.2, -0.15) is 0 Å². The Morgan fingerprint density at radius 3 is 2.65 bits per heavy atom. The molecule has 0 aromatic heterocycles. The summed E-state index contributed by atoms with van der Waals surface area (Å²) in [4.78, 5) is 11.4. The normalized spacial score (nSPS) is 24.8. The number of carboxylic acid groups (broad SMARTS) is 1. The van der Waals surface area contributed by atoms with Gasteiger partial charge >= 0.3 is 13.1 Å². The molecular weight excluding hydrogens is 306 g/mol. The van der Waals surface area contributed by atoms with Crippen molar-refractivity contribution in [2.45, 2.75) is 26.2 Å². The first-order chi connectivity index (χ1) is 10.9. The highest BCUT2D eigenvalue weighted by Crippen LogP contribution is 2.30. The summed E-state index contributed by atoms with van der Waals surface area (Å²) in [5.74, 6) is -1.56. The van der Waals surface area contributed by atoms with E-state index in [1.54, 1.807) is 26.0 Å². The predicted octanol–water partition coefficient (Wildman–Crippen LogP) is 1.09. The molecule has 1 unspecified atom stereocenters. The Balaban J connectivity index is 1.79. The Morgan fingerprint density at radius 2 is 2.04 bits per heavy atom. The van der Waals surface area contributed by atoms with Gasteiger partial charge in [-0.15, -0.1) is 0 Å². The quantitative estimate of drug-likeness (QED) is 0.839. The monoisotopic (exact) mass is 324 g/mol. The standard InChI is InChI=1S/C15H18BFO6/c1-15(2)8-22-16(23-12(15)13(18)19)9-3-4-10(11(17)7-9)14-20-5-6-21-14/h3-4,7,12,14H,5-6,8H2,1-2H3,(H,18,19). The SMILES string of the molecule is CC1(C)COB(c2ccc(C3OCCO3)c(F)c2)OC1C(=O)O. The molecule has 0 aliphatic carbocycles. The molecule has 3 rings (SSSR count). The van der Waals surface area contributed by atoms with Gasteiger partial charge in [0.05, 0.1) is 13.2 Å². The third-order valence-electron chi connectivity index (χ3n) is 3.97. The van der Waals surface area contributed by atoms with E-state index in [1.807, 2.05) is 0 Å². The minimum Gasteiger partial charge on any atom is -0.479 e. The van der Waals surface area contributed by atoms with Gasteiger partial charge in [-0.25, -0.2) is 9.18 Å². The van der Waals surface area contributed by atoms with E-state index < -0.39 is 36.7 Å². The summed E-state index contributed by atoms with van der Waals surface area (Å²) < 4.78 is 35.9. The molecule has 2 aliphatic heterocycles. The van der Waals surface area contributed by atoms with Crippen molar-refractivity contribution < 1.29 is 33.1 Å². The van der Waals surface area contributed by atoms with Crippen molar-refractivity contribution in [1.82, 2.24) is 0 Å². The second-order valence-corrected chi connectivity index (χ2v) is 6.34. The third kappa shape index (κ3) is 3.25. The first-order valence-electron chi connectivity index (χ1n) is 7.41. The Morgan fingerprint density at radius 1 is 1.35 bits per heavy atom. The van der Waals surface area contributed by atoms with Crippen LogP contribution >= 0.6 is 0 Å².